The summed E-state index contributed by atoms with van der Waals surface area (Å²) in [4.78, 5) is 0. The van der Waals surface area contributed by atoms with Crippen LogP contribution in [0.3, 0.4) is 0 Å². The summed E-state index contributed by atoms with van der Waals surface area (Å²) in [6.07, 6.45) is 5.41. The fourth-order valence-corrected chi connectivity index (χ4v) is 2.52. The van der Waals surface area contributed by atoms with Gasteiger partial charge in [0, 0.05) is 12.2 Å². The van der Waals surface area contributed by atoms with E-state index in [0.29, 0.717) is 6.61 Å². The van der Waals surface area contributed by atoms with Crippen LogP contribution < -0.4 is 10.1 Å². The molecule has 3 heteroatoms. The fraction of sp³-hybridized carbons (Fsp3) is 0.625. The number of benzene rings is 1. The molecule has 1 aliphatic rings. The average molecular weight is 263 g/mol. The average Bonchev–Trinajstić information content (AvgIpc) is 2.41. The van der Waals surface area contributed by atoms with E-state index in [1.54, 1.807) is 7.11 Å². The van der Waals surface area contributed by atoms with Gasteiger partial charge in [0.1, 0.15) is 5.75 Å². The van der Waals surface area contributed by atoms with E-state index in [9.17, 15) is 0 Å². The number of hydrogen-bond donors (Lipinski definition) is 1. The van der Waals surface area contributed by atoms with Crippen LogP contribution in [0.2, 0.25) is 0 Å². The Morgan fingerprint density at radius 2 is 2.11 bits per heavy atom. The molecular weight excluding hydrogens is 238 g/mol. The molecule has 0 aromatic heterocycles. The lowest BCUT2D eigenvalue weighted by atomic mass is 9.83. The molecular formula is C16H25NO2. The van der Waals surface area contributed by atoms with Crippen LogP contribution in [0.15, 0.2) is 24.3 Å². The highest BCUT2D eigenvalue weighted by Gasteiger charge is 2.18. The van der Waals surface area contributed by atoms with Crippen LogP contribution in [-0.2, 0) is 4.74 Å². The monoisotopic (exact) mass is 263 g/mol. The molecule has 0 radical (unpaired) electrons. The molecule has 1 aromatic rings. The van der Waals surface area contributed by atoms with Crippen molar-refractivity contribution < 1.29 is 9.47 Å². The van der Waals surface area contributed by atoms with Crippen molar-refractivity contribution in [2.75, 3.05) is 27.4 Å². The third-order valence-electron chi connectivity index (χ3n) is 4.04. The number of para-hydroxylation sites is 1. The Bertz CT molecular complexity index is 377. The maximum Gasteiger partial charge on any atom is 0.123 e. The van der Waals surface area contributed by atoms with Gasteiger partial charge in [-0.25, -0.2) is 0 Å². The normalized spacial score (nSPS) is 16.9. The van der Waals surface area contributed by atoms with Crippen LogP contribution in [0.1, 0.15) is 37.3 Å². The lowest BCUT2D eigenvalue weighted by molar-refractivity contribution is 0.0899. The summed E-state index contributed by atoms with van der Waals surface area (Å²) in [5.41, 5.74) is 1.16. The van der Waals surface area contributed by atoms with Gasteiger partial charge in [-0.05, 0) is 25.5 Å². The van der Waals surface area contributed by atoms with E-state index >= 15 is 0 Å². The maximum absolute atomic E-state index is 5.83. The molecule has 0 heterocycles. The van der Waals surface area contributed by atoms with Gasteiger partial charge in [-0.2, -0.15) is 0 Å². The minimum Gasteiger partial charge on any atom is -0.496 e. The largest absolute Gasteiger partial charge is 0.496 e. The van der Waals surface area contributed by atoms with Crippen molar-refractivity contribution in [2.24, 2.45) is 5.92 Å². The first-order chi connectivity index (χ1) is 9.35. The van der Waals surface area contributed by atoms with Crippen molar-refractivity contribution in [3.63, 3.8) is 0 Å². The summed E-state index contributed by atoms with van der Waals surface area (Å²) in [5, 5.41) is 3.30. The molecule has 0 spiro atoms. The van der Waals surface area contributed by atoms with E-state index in [-0.39, 0.29) is 6.04 Å². The zero-order valence-corrected chi connectivity index (χ0v) is 12.0. The molecule has 3 nitrogen and oxygen atoms in total. The molecule has 1 aromatic carbocycles. The van der Waals surface area contributed by atoms with Gasteiger partial charge in [0.15, 0.2) is 0 Å². The summed E-state index contributed by atoms with van der Waals surface area (Å²) in [6.45, 7) is 1.57. The van der Waals surface area contributed by atoms with Gasteiger partial charge in [0.05, 0.1) is 19.8 Å². The highest BCUT2D eigenvalue weighted by molar-refractivity contribution is 5.35. The molecule has 0 saturated heterocycles. The maximum atomic E-state index is 5.83. The van der Waals surface area contributed by atoms with Gasteiger partial charge in [0.25, 0.3) is 0 Å². The highest BCUT2D eigenvalue weighted by Crippen LogP contribution is 2.29. The number of nitrogens with one attached hydrogen (secondary N) is 1. The number of methoxy groups -OCH3 is 1. The molecule has 2 rings (SSSR count). The molecule has 1 aliphatic carbocycles. The smallest absolute Gasteiger partial charge is 0.123 e. The van der Waals surface area contributed by atoms with Crippen LogP contribution in [0.4, 0.5) is 0 Å². The fourth-order valence-electron chi connectivity index (χ4n) is 2.52. The molecule has 0 bridgehead atoms. The lowest BCUT2D eigenvalue weighted by Gasteiger charge is -2.25. The molecule has 1 unspecified atom stereocenters. The van der Waals surface area contributed by atoms with Crippen LogP contribution >= 0.6 is 0 Å². The summed E-state index contributed by atoms with van der Waals surface area (Å²) in [6, 6.07) is 8.31. The van der Waals surface area contributed by atoms with Crippen molar-refractivity contribution >= 4 is 0 Å². The van der Waals surface area contributed by atoms with Crippen LogP contribution in [0, 0.1) is 5.92 Å². The molecule has 1 N–H and O–H groups in total. The van der Waals surface area contributed by atoms with Gasteiger partial charge in [-0.1, -0.05) is 37.5 Å². The summed E-state index contributed by atoms with van der Waals surface area (Å²) in [7, 11) is 3.68. The minimum atomic E-state index is 0.192. The topological polar surface area (TPSA) is 30.5 Å². The van der Waals surface area contributed by atoms with Gasteiger partial charge in [-0.3, -0.25) is 0 Å². The number of hydrogen-bond acceptors (Lipinski definition) is 3. The Morgan fingerprint density at radius 1 is 1.32 bits per heavy atom. The van der Waals surface area contributed by atoms with E-state index in [0.717, 1.165) is 23.8 Å². The van der Waals surface area contributed by atoms with Gasteiger partial charge >= 0.3 is 0 Å². The minimum absolute atomic E-state index is 0.192. The second kappa shape index (κ2) is 7.51. The Hall–Kier alpha value is -1.06. The third-order valence-corrected chi connectivity index (χ3v) is 4.04. The van der Waals surface area contributed by atoms with Gasteiger partial charge in [0.2, 0.25) is 0 Å². The second-order valence-electron chi connectivity index (χ2n) is 5.24. The first-order valence-electron chi connectivity index (χ1n) is 7.23. The van der Waals surface area contributed by atoms with E-state index in [4.69, 9.17) is 9.47 Å². The first kappa shape index (κ1) is 14.4. The van der Waals surface area contributed by atoms with Crippen molar-refractivity contribution in [2.45, 2.75) is 31.7 Å². The third kappa shape index (κ3) is 3.95. The molecule has 0 amide bonds. The zero-order valence-electron chi connectivity index (χ0n) is 12.0. The van der Waals surface area contributed by atoms with E-state index in [1.807, 2.05) is 25.2 Å². The van der Waals surface area contributed by atoms with E-state index < -0.39 is 0 Å². The SMILES string of the molecule is CNC(COCCC1CCC1)c1ccccc1OC. The number of rotatable bonds is 8. The van der Waals surface area contributed by atoms with Crippen molar-refractivity contribution in [1.29, 1.82) is 0 Å². The Morgan fingerprint density at radius 3 is 2.74 bits per heavy atom. The van der Waals surface area contributed by atoms with E-state index in [1.165, 1.54) is 25.7 Å². The van der Waals surface area contributed by atoms with Crippen LogP contribution in [0.25, 0.3) is 0 Å². The second-order valence-corrected chi connectivity index (χ2v) is 5.24. The first-order valence-corrected chi connectivity index (χ1v) is 7.23. The van der Waals surface area contributed by atoms with Crippen molar-refractivity contribution in [1.82, 2.24) is 5.32 Å². The lowest BCUT2D eigenvalue weighted by Crippen LogP contribution is -2.23. The van der Waals surface area contributed by atoms with Crippen molar-refractivity contribution in [3.8, 4) is 5.75 Å². The highest BCUT2D eigenvalue weighted by atomic mass is 16.5. The summed E-state index contributed by atoms with van der Waals surface area (Å²) >= 11 is 0. The quantitative estimate of drug-likeness (QED) is 0.731. The van der Waals surface area contributed by atoms with E-state index in [2.05, 4.69) is 11.4 Å². The molecule has 106 valence electrons. The van der Waals surface area contributed by atoms with Crippen LogP contribution in [-0.4, -0.2) is 27.4 Å². The summed E-state index contributed by atoms with van der Waals surface area (Å²) < 4.78 is 11.2. The Labute approximate surface area is 116 Å². The molecule has 0 aliphatic heterocycles. The predicted octanol–water partition coefficient (Wildman–Crippen LogP) is 3.16. The Balaban J connectivity index is 1.81. The van der Waals surface area contributed by atoms with Crippen molar-refractivity contribution in [3.05, 3.63) is 29.8 Å². The number of ether oxygens (including phenoxy) is 2. The molecule has 1 fully saturated rings. The summed E-state index contributed by atoms with van der Waals surface area (Å²) in [5.74, 6) is 1.84. The van der Waals surface area contributed by atoms with Crippen LogP contribution in [0.5, 0.6) is 5.75 Å². The predicted molar refractivity (Wildman–Crippen MR) is 77.6 cm³/mol. The molecule has 1 atom stereocenters. The Kier molecular flexibility index (Phi) is 5.67. The standard InChI is InChI=1S/C16H25NO2/c1-17-15(12-19-11-10-13-6-5-7-13)14-8-3-4-9-16(14)18-2/h3-4,8-9,13,15,17H,5-7,10-12H2,1-2H3. The molecule has 1 saturated carbocycles. The number of likely N-dealkylation sites (N-methyl/N-ethyl adjacent to an activating group) is 1. The van der Waals surface area contributed by atoms with Gasteiger partial charge in [-0.15, -0.1) is 0 Å². The van der Waals surface area contributed by atoms with Gasteiger partial charge < -0.3 is 14.8 Å². The molecule has 19 heavy (non-hydrogen) atoms. The zero-order chi connectivity index (χ0) is 13.5.